The summed E-state index contributed by atoms with van der Waals surface area (Å²) in [6.45, 7) is 13.4. The minimum absolute atomic E-state index is 0.443. The van der Waals surface area contributed by atoms with Crippen molar-refractivity contribution in [3.8, 4) is 0 Å². The van der Waals surface area contributed by atoms with Gasteiger partial charge in [0.1, 0.15) is 0 Å². The quantitative estimate of drug-likeness (QED) is 0.817. The second-order valence-electron chi connectivity index (χ2n) is 7.83. The Morgan fingerprint density at radius 3 is 2.55 bits per heavy atom. The summed E-state index contributed by atoms with van der Waals surface area (Å²) >= 11 is 0. The topological polar surface area (TPSA) is 15.3 Å². The fourth-order valence-electron chi connectivity index (χ4n) is 4.25. The summed E-state index contributed by atoms with van der Waals surface area (Å²) in [4.78, 5) is 2.69. The highest BCUT2D eigenvalue weighted by Gasteiger charge is 2.35. The van der Waals surface area contributed by atoms with E-state index in [9.17, 15) is 0 Å². The summed E-state index contributed by atoms with van der Waals surface area (Å²) in [6.07, 6.45) is 9.87. The zero-order valence-corrected chi connectivity index (χ0v) is 14.3. The van der Waals surface area contributed by atoms with Crippen molar-refractivity contribution < 1.29 is 0 Å². The van der Waals surface area contributed by atoms with E-state index in [2.05, 4.69) is 37.9 Å². The van der Waals surface area contributed by atoms with Gasteiger partial charge in [0.15, 0.2) is 0 Å². The molecule has 118 valence electrons. The molecule has 2 aliphatic heterocycles. The smallest absolute Gasteiger partial charge is 0.0204 e. The molecule has 2 rings (SSSR count). The Morgan fingerprint density at radius 2 is 1.95 bits per heavy atom. The third-order valence-electron chi connectivity index (χ3n) is 5.91. The first-order valence-corrected chi connectivity index (χ1v) is 9.02. The predicted octanol–water partition coefficient (Wildman–Crippen LogP) is 4.06. The number of nitrogens with zero attached hydrogens (tertiary/aromatic N) is 1. The van der Waals surface area contributed by atoms with E-state index in [-0.39, 0.29) is 0 Å². The van der Waals surface area contributed by atoms with Crippen LogP contribution in [-0.2, 0) is 0 Å². The summed E-state index contributed by atoms with van der Waals surface area (Å²) in [5.41, 5.74) is 0.443. The molecular weight excluding hydrogens is 244 g/mol. The summed E-state index contributed by atoms with van der Waals surface area (Å²) in [7, 11) is 0. The monoisotopic (exact) mass is 280 g/mol. The van der Waals surface area contributed by atoms with Crippen molar-refractivity contribution in [3.05, 3.63) is 0 Å². The van der Waals surface area contributed by atoms with Crippen LogP contribution in [0, 0.1) is 11.8 Å². The van der Waals surface area contributed by atoms with Crippen LogP contribution in [0.1, 0.15) is 72.6 Å². The van der Waals surface area contributed by atoms with Gasteiger partial charge in [-0.25, -0.2) is 0 Å². The largest absolute Gasteiger partial charge is 0.311 e. The third-order valence-corrected chi connectivity index (χ3v) is 5.91. The van der Waals surface area contributed by atoms with Gasteiger partial charge >= 0.3 is 0 Å². The molecule has 0 bridgehead atoms. The number of piperidine rings is 2. The van der Waals surface area contributed by atoms with E-state index in [0.717, 1.165) is 17.9 Å². The fourth-order valence-corrected chi connectivity index (χ4v) is 4.25. The predicted molar refractivity (Wildman–Crippen MR) is 88.1 cm³/mol. The standard InChI is InChI=1S/C18H36N2/c1-15(2)18(10-5-6-12-19-18)11-9-17-8-7-13-20(14-17)16(3)4/h15-17,19H,5-14H2,1-4H3. The van der Waals surface area contributed by atoms with Gasteiger partial charge in [-0.2, -0.15) is 0 Å². The average molecular weight is 280 g/mol. The molecule has 0 amide bonds. The first-order valence-electron chi connectivity index (χ1n) is 9.02. The van der Waals surface area contributed by atoms with Crippen molar-refractivity contribution in [2.75, 3.05) is 19.6 Å². The molecule has 2 saturated heterocycles. The molecule has 0 aliphatic carbocycles. The fraction of sp³-hybridized carbons (Fsp3) is 1.00. The number of rotatable bonds is 5. The SMILES string of the molecule is CC(C)N1CCCC(CCC2(C(C)C)CCCCN2)C1. The van der Waals surface area contributed by atoms with Crippen molar-refractivity contribution in [1.29, 1.82) is 0 Å². The van der Waals surface area contributed by atoms with Gasteiger partial charge < -0.3 is 10.2 Å². The van der Waals surface area contributed by atoms with Gasteiger partial charge in [0, 0.05) is 18.1 Å². The molecule has 2 heteroatoms. The van der Waals surface area contributed by atoms with Crippen LogP contribution in [0.4, 0.5) is 0 Å². The molecule has 0 spiro atoms. The Bertz CT molecular complexity index is 279. The Morgan fingerprint density at radius 1 is 1.15 bits per heavy atom. The summed E-state index contributed by atoms with van der Waals surface area (Å²) < 4.78 is 0. The lowest BCUT2D eigenvalue weighted by molar-refractivity contribution is 0.110. The van der Waals surface area contributed by atoms with Crippen LogP contribution in [0.5, 0.6) is 0 Å². The van der Waals surface area contributed by atoms with Gasteiger partial charge in [-0.15, -0.1) is 0 Å². The van der Waals surface area contributed by atoms with Gasteiger partial charge in [-0.05, 0) is 77.3 Å². The van der Waals surface area contributed by atoms with Crippen molar-refractivity contribution in [1.82, 2.24) is 10.2 Å². The van der Waals surface area contributed by atoms with E-state index >= 15 is 0 Å². The number of hydrogen-bond donors (Lipinski definition) is 1. The Labute approximate surface area is 126 Å². The van der Waals surface area contributed by atoms with Crippen molar-refractivity contribution in [3.63, 3.8) is 0 Å². The highest BCUT2D eigenvalue weighted by atomic mass is 15.2. The Balaban J connectivity index is 1.86. The molecule has 2 nitrogen and oxygen atoms in total. The zero-order valence-electron chi connectivity index (χ0n) is 14.3. The number of likely N-dealkylation sites (tertiary alicyclic amines) is 1. The van der Waals surface area contributed by atoms with Gasteiger partial charge in [-0.1, -0.05) is 20.3 Å². The Kier molecular flexibility index (Phi) is 5.92. The van der Waals surface area contributed by atoms with Gasteiger partial charge in [0.2, 0.25) is 0 Å². The summed E-state index contributed by atoms with van der Waals surface area (Å²) in [5.74, 6) is 1.71. The van der Waals surface area contributed by atoms with Crippen LogP contribution >= 0.6 is 0 Å². The van der Waals surface area contributed by atoms with Crippen molar-refractivity contribution in [2.45, 2.75) is 84.2 Å². The van der Waals surface area contributed by atoms with Crippen LogP contribution in [0.3, 0.4) is 0 Å². The van der Waals surface area contributed by atoms with Crippen molar-refractivity contribution in [2.24, 2.45) is 11.8 Å². The first kappa shape index (κ1) is 16.3. The maximum atomic E-state index is 3.89. The van der Waals surface area contributed by atoms with Crippen LogP contribution in [0.2, 0.25) is 0 Å². The average Bonchev–Trinajstić information content (AvgIpc) is 2.46. The highest BCUT2D eigenvalue weighted by Crippen LogP contribution is 2.34. The maximum Gasteiger partial charge on any atom is 0.0204 e. The van der Waals surface area contributed by atoms with Gasteiger partial charge in [0.05, 0.1) is 0 Å². The molecule has 0 aromatic carbocycles. The molecule has 2 heterocycles. The third kappa shape index (κ3) is 3.98. The normalized spacial score (nSPS) is 33.0. The van der Waals surface area contributed by atoms with E-state index in [1.165, 1.54) is 64.6 Å². The maximum absolute atomic E-state index is 3.89. The zero-order chi connectivity index (χ0) is 14.6. The van der Waals surface area contributed by atoms with Crippen LogP contribution in [0.25, 0.3) is 0 Å². The Hall–Kier alpha value is -0.0800. The summed E-state index contributed by atoms with van der Waals surface area (Å²) in [6, 6.07) is 0.727. The van der Waals surface area contributed by atoms with E-state index in [0.29, 0.717) is 5.54 Å². The van der Waals surface area contributed by atoms with Crippen LogP contribution < -0.4 is 5.32 Å². The number of nitrogens with one attached hydrogen (secondary N) is 1. The molecule has 20 heavy (non-hydrogen) atoms. The minimum Gasteiger partial charge on any atom is -0.311 e. The van der Waals surface area contributed by atoms with E-state index < -0.39 is 0 Å². The lowest BCUT2D eigenvalue weighted by atomic mass is 9.74. The first-order chi connectivity index (χ1) is 9.53. The molecule has 0 aromatic heterocycles. The van der Waals surface area contributed by atoms with E-state index in [1.54, 1.807) is 0 Å². The molecule has 0 aromatic rings. The molecule has 2 unspecified atom stereocenters. The molecule has 2 fully saturated rings. The minimum atomic E-state index is 0.443. The second kappa shape index (κ2) is 7.26. The highest BCUT2D eigenvalue weighted by molar-refractivity contribution is 4.94. The molecule has 1 N–H and O–H groups in total. The van der Waals surface area contributed by atoms with Crippen LogP contribution in [-0.4, -0.2) is 36.1 Å². The van der Waals surface area contributed by atoms with Crippen molar-refractivity contribution >= 4 is 0 Å². The van der Waals surface area contributed by atoms with E-state index in [1.807, 2.05) is 0 Å². The van der Waals surface area contributed by atoms with E-state index in [4.69, 9.17) is 0 Å². The molecule has 2 atom stereocenters. The van der Waals surface area contributed by atoms with Gasteiger partial charge in [-0.3, -0.25) is 0 Å². The number of hydrogen-bond acceptors (Lipinski definition) is 2. The van der Waals surface area contributed by atoms with Gasteiger partial charge in [0.25, 0.3) is 0 Å². The lowest BCUT2D eigenvalue weighted by Crippen LogP contribution is -2.53. The lowest BCUT2D eigenvalue weighted by Gasteiger charge is -2.44. The second-order valence-corrected chi connectivity index (χ2v) is 7.83. The molecular formula is C18H36N2. The van der Waals surface area contributed by atoms with Crippen LogP contribution in [0.15, 0.2) is 0 Å². The molecule has 2 aliphatic rings. The molecule has 0 saturated carbocycles. The molecule has 0 radical (unpaired) electrons. The summed E-state index contributed by atoms with van der Waals surface area (Å²) in [5, 5.41) is 3.89.